The molecule has 4 heteroatoms. The molecule has 1 unspecified atom stereocenters. The van der Waals surface area contributed by atoms with Crippen molar-refractivity contribution < 1.29 is 4.79 Å². The van der Waals surface area contributed by atoms with Crippen molar-refractivity contribution in [1.82, 2.24) is 15.5 Å². The molecule has 0 bridgehead atoms. The second-order valence-corrected chi connectivity index (χ2v) is 7.29. The number of nitrogens with zero attached hydrogens (tertiary/aromatic N) is 1. The molecule has 0 spiro atoms. The van der Waals surface area contributed by atoms with Gasteiger partial charge in [0.25, 0.3) is 5.91 Å². The Hall–Kier alpha value is -2.10. The van der Waals surface area contributed by atoms with Crippen molar-refractivity contribution in [2.24, 2.45) is 0 Å². The van der Waals surface area contributed by atoms with Gasteiger partial charge < -0.3 is 5.32 Å². The molecule has 0 aliphatic heterocycles. The van der Waals surface area contributed by atoms with Gasteiger partial charge in [0.2, 0.25) is 0 Å². The zero-order valence-corrected chi connectivity index (χ0v) is 13.8. The topological polar surface area (TPSA) is 57.8 Å². The number of carbonyl (C=O) groups excluding carboxylic acids is 1. The number of fused-ring (bicyclic) bond motifs is 1. The molecule has 1 saturated carbocycles. The number of aromatic amines is 1. The first-order valence-electron chi connectivity index (χ1n) is 8.52. The summed E-state index contributed by atoms with van der Waals surface area (Å²) in [6.45, 7) is 4.36. The van der Waals surface area contributed by atoms with Gasteiger partial charge >= 0.3 is 0 Å². The summed E-state index contributed by atoms with van der Waals surface area (Å²) in [4.78, 5) is 12.6. The van der Waals surface area contributed by atoms with Crippen LogP contribution in [0.4, 0.5) is 0 Å². The van der Waals surface area contributed by atoms with Gasteiger partial charge in [-0.3, -0.25) is 9.89 Å². The summed E-state index contributed by atoms with van der Waals surface area (Å²) < 4.78 is 0. The third-order valence-corrected chi connectivity index (χ3v) is 5.51. The lowest BCUT2D eigenvalue weighted by Crippen LogP contribution is -2.31. The molecule has 4 rings (SSSR count). The number of rotatable bonds is 3. The number of hydrogen-bond acceptors (Lipinski definition) is 2. The molecule has 1 amide bonds. The minimum absolute atomic E-state index is 0.0730. The number of aromatic nitrogens is 2. The average Bonchev–Trinajstić information content (AvgIpc) is 3.10. The van der Waals surface area contributed by atoms with E-state index in [1.807, 2.05) is 6.07 Å². The Morgan fingerprint density at radius 3 is 3.00 bits per heavy atom. The maximum atomic E-state index is 12.6. The van der Waals surface area contributed by atoms with Gasteiger partial charge in [-0.25, -0.2) is 0 Å². The highest BCUT2D eigenvalue weighted by Gasteiger charge is 2.41. The lowest BCUT2D eigenvalue weighted by molar-refractivity contribution is 0.0927. The normalized spacial score (nSPS) is 21.6. The van der Waals surface area contributed by atoms with Crippen molar-refractivity contribution in [3.05, 3.63) is 52.3 Å². The van der Waals surface area contributed by atoms with E-state index in [0.29, 0.717) is 5.69 Å². The Kier molecular flexibility index (Phi) is 3.29. The standard InChI is InChI=1S/C19H23N3O/c1-12-5-3-7-14-13(12)6-4-8-15(14)20-18(23)16-11-17(22-21-16)19(2)9-10-19/h3,5,7,11,15H,4,6,8-10H2,1-2H3,(H,20,23)(H,21,22). The number of amides is 1. The number of H-pyrrole nitrogens is 1. The highest BCUT2D eigenvalue weighted by Crippen LogP contribution is 2.46. The van der Waals surface area contributed by atoms with Gasteiger partial charge in [-0.05, 0) is 61.8 Å². The summed E-state index contributed by atoms with van der Waals surface area (Å²) in [5.41, 5.74) is 5.80. The van der Waals surface area contributed by atoms with Crippen LogP contribution in [-0.4, -0.2) is 16.1 Å². The highest BCUT2D eigenvalue weighted by molar-refractivity contribution is 5.92. The van der Waals surface area contributed by atoms with Crippen LogP contribution in [0.25, 0.3) is 0 Å². The maximum absolute atomic E-state index is 12.6. The maximum Gasteiger partial charge on any atom is 0.272 e. The van der Waals surface area contributed by atoms with Crippen molar-refractivity contribution in [2.75, 3.05) is 0 Å². The first-order valence-corrected chi connectivity index (χ1v) is 8.52. The van der Waals surface area contributed by atoms with E-state index >= 15 is 0 Å². The predicted molar refractivity (Wildman–Crippen MR) is 89.5 cm³/mol. The lowest BCUT2D eigenvalue weighted by atomic mass is 9.85. The molecule has 1 atom stereocenters. The van der Waals surface area contributed by atoms with Crippen LogP contribution in [0.2, 0.25) is 0 Å². The minimum Gasteiger partial charge on any atom is -0.344 e. The van der Waals surface area contributed by atoms with E-state index in [4.69, 9.17) is 0 Å². The first-order chi connectivity index (χ1) is 11.1. The van der Waals surface area contributed by atoms with Crippen LogP contribution in [-0.2, 0) is 11.8 Å². The van der Waals surface area contributed by atoms with Crippen LogP contribution < -0.4 is 5.32 Å². The smallest absolute Gasteiger partial charge is 0.272 e. The second kappa shape index (κ2) is 5.22. The van der Waals surface area contributed by atoms with Crippen molar-refractivity contribution >= 4 is 5.91 Å². The number of hydrogen-bond donors (Lipinski definition) is 2. The quantitative estimate of drug-likeness (QED) is 0.910. The van der Waals surface area contributed by atoms with Crippen LogP contribution in [0.1, 0.15) is 71.5 Å². The van der Waals surface area contributed by atoms with E-state index < -0.39 is 0 Å². The molecule has 2 aliphatic rings. The largest absolute Gasteiger partial charge is 0.344 e. The van der Waals surface area contributed by atoms with Gasteiger partial charge in [-0.2, -0.15) is 5.10 Å². The van der Waals surface area contributed by atoms with Gasteiger partial charge in [0.05, 0.1) is 6.04 Å². The van der Waals surface area contributed by atoms with Crippen LogP contribution in [0.15, 0.2) is 24.3 Å². The fourth-order valence-electron chi connectivity index (χ4n) is 3.62. The summed E-state index contributed by atoms with van der Waals surface area (Å²) in [6, 6.07) is 8.40. The van der Waals surface area contributed by atoms with E-state index in [2.05, 4.69) is 47.6 Å². The molecule has 1 fully saturated rings. The van der Waals surface area contributed by atoms with E-state index in [-0.39, 0.29) is 17.4 Å². The minimum atomic E-state index is -0.0730. The average molecular weight is 309 g/mol. The third kappa shape index (κ3) is 2.56. The Morgan fingerprint density at radius 1 is 1.39 bits per heavy atom. The molecular formula is C19H23N3O. The van der Waals surface area contributed by atoms with E-state index in [0.717, 1.165) is 25.0 Å². The fraction of sp³-hybridized carbons (Fsp3) is 0.474. The Balaban J connectivity index is 1.54. The van der Waals surface area contributed by atoms with Gasteiger partial charge in [0.15, 0.2) is 0 Å². The molecule has 2 aromatic rings. The summed E-state index contributed by atoms with van der Waals surface area (Å²) >= 11 is 0. The molecule has 0 radical (unpaired) electrons. The van der Waals surface area contributed by atoms with Crippen molar-refractivity contribution in [1.29, 1.82) is 0 Å². The van der Waals surface area contributed by atoms with Crippen molar-refractivity contribution in [3.63, 3.8) is 0 Å². The van der Waals surface area contributed by atoms with Crippen LogP contribution in [0, 0.1) is 6.92 Å². The molecule has 1 heterocycles. The SMILES string of the molecule is Cc1cccc2c1CCCC2NC(=O)c1cc(C2(C)CC2)[nH]n1. The van der Waals surface area contributed by atoms with Crippen LogP contribution in [0.3, 0.4) is 0 Å². The molecule has 23 heavy (non-hydrogen) atoms. The zero-order chi connectivity index (χ0) is 16.0. The summed E-state index contributed by atoms with van der Waals surface area (Å²) in [5, 5.41) is 10.5. The van der Waals surface area contributed by atoms with Crippen molar-refractivity contribution in [2.45, 2.75) is 57.4 Å². The number of aryl methyl sites for hydroxylation is 1. The molecule has 2 aliphatic carbocycles. The van der Waals surface area contributed by atoms with Crippen molar-refractivity contribution in [3.8, 4) is 0 Å². The molecule has 0 saturated heterocycles. The van der Waals surface area contributed by atoms with E-state index in [9.17, 15) is 4.79 Å². The number of nitrogens with one attached hydrogen (secondary N) is 2. The Morgan fingerprint density at radius 2 is 2.22 bits per heavy atom. The Bertz CT molecular complexity index is 758. The van der Waals surface area contributed by atoms with Crippen LogP contribution >= 0.6 is 0 Å². The summed E-state index contributed by atoms with van der Waals surface area (Å²) in [5.74, 6) is -0.0730. The first kappa shape index (κ1) is 14.5. The molecular weight excluding hydrogens is 286 g/mol. The van der Waals surface area contributed by atoms with Gasteiger partial charge in [-0.15, -0.1) is 0 Å². The van der Waals surface area contributed by atoms with Crippen LogP contribution in [0.5, 0.6) is 0 Å². The number of carbonyl (C=O) groups is 1. The van der Waals surface area contributed by atoms with Gasteiger partial charge in [0, 0.05) is 11.1 Å². The molecule has 120 valence electrons. The van der Waals surface area contributed by atoms with E-state index in [1.54, 1.807) is 0 Å². The van der Waals surface area contributed by atoms with E-state index in [1.165, 1.54) is 29.5 Å². The molecule has 2 N–H and O–H groups in total. The molecule has 4 nitrogen and oxygen atoms in total. The third-order valence-electron chi connectivity index (χ3n) is 5.51. The second-order valence-electron chi connectivity index (χ2n) is 7.29. The predicted octanol–water partition coefficient (Wildman–Crippen LogP) is 3.58. The summed E-state index contributed by atoms with van der Waals surface area (Å²) in [6.07, 6.45) is 5.57. The zero-order valence-electron chi connectivity index (χ0n) is 13.8. The van der Waals surface area contributed by atoms with Gasteiger partial charge in [0.1, 0.15) is 5.69 Å². The molecule has 1 aromatic heterocycles. The Labute approximate surface area is 136 Å². The lowest BCUT2D eigenvalue weighted by Gasteiger charge is -2.27. The van der Waals surface area contributed by atoms with Gasteiger partial charge in [-0.1, -0.05) is 25.1 Å². The monoisotopic (exact) mass is 309 g/mol. The summed E-state index contributed by atoms with van der Waals surface area (Å²) in [7, 11) is 0. The fourth-order valence-corrected chi connectivity index (χ4v) is 3.62. The molecule has 1 aromatic carbocycles. The highest BCUT2D eigenvalue weighted by atomic mass is 16.2. The number of benzene rings is 1.